The zero-order valence-electron chi connectivity index (χ0n) is 18.6. The average molecular weight is 453 g/mol. The molecule has 3 aromatic carbocycles. The lowest BCUT2D eigenvalue weighted by Gasteiger charge is -2.25. The van der Waals surface area contributed by atoms with E-state index in [9.17, 15) is 4.79 Å². The second-order valence-electron chi connectivity index (χ2n) is 7.85. The summed E-state index contributed by atoms with van der Waals surface area (Å²) in [5.41, 5.74) is 3.47. The summed E-state index contributed by atoms with van der Waals surface area (Å²) in [7, 11) is 0. The predicted octanol–water partition coefficient (Wildman–Crippen LogP) is 4.46. The average Bonchev–Trinajstić information content (AvgIpc) is 3.40. The number of ether oxygens (including phenoxy) is 2. The van der Waals surface area contributed by atoms with Crippen molar-refractivity contribution in [1.82, 2.24) is 14.8 Å². The van der Waals surface area contributed by atoms with Crippen molar-refractivity contribution >= 4 is 17.7 Å². The van der Waals surface area contributed by atoms with Crippen molar-refractivity contribution in [2.24, 2.45) is 0 Å². The van der Waals surface area contributed by atoms with Crippen LogP contribution in [0.5, 0.6) is 11.5 Å². The van der Waals surface area contributed by atoms with E-state index in [1.54, 1.807) is 15.9 Å². The van der Waals surface area contributed by atoms with Gasteiger partial charge in [0.2, 0.25) is 0 Å². The molecule has 7 nitrogen and oxygen atoms in total. The van der Waals surface area contributed by atoms with Crippen LogP contribution in [0.25, 0.3) is 6.08 Å². The van der Waals surface area contributed by atoms with Gasteiger partial charge in [-0.05, 0) is 35.4 Å². The van der Waals surface area contributed by atoms with Gasteiger partial charge in [-0.25, -0.2) is 9.67 Å². The number of anilines is 1. The van der Waals surface area contributed by atoms with Crippen LogP contribution in [0.3, 0.4) is 0 Å². The molecule has 1 aromatic heterocycles. The number of amides is 1. The monoisotopic (exact) mass is 452 g/mol. The molecule has 0 spiro atoms. The molecular weight excluding hydrogens is 428 g/mol. The lowest BCUT2D eigenvalue weighted by molar-refractivity contribution is 0.0989. The number of hydrogen-bond donors (Lipinski definition) is 0. The Bertz CT molecular complexity index is 1270. The first-order chi connectivity index (χ1) is 16.8. The highest BCUT2D eigenvalue weighted by Crippen LogP contribution is 2.34. The standard InChI is InChI=1S/C27H24N4O3/c32-27(23-10-8-22(9-11-23)18-30-20-28-19-29-30)31(14-4-7-21-5-2-1-3-6-21)24-12-13-25-26(17-24)34-16-15-33-25/h1-13,17,19-20H,14-16,18H2. The van der Waals surface area contributed by atoms with Crippen molar-refractivity contribution in [2.75, 3.05) is 24.7 Å². The molecule has 0 bridgehead atoms. The molecule has 0 atom stereocenters. The lowest BCUT2D eigenvalue weighted by atomic mass is 10.1. The molecular formula is C27H24N4O3. The fraction of sp³-hybridized carbons (Fsp3) is 0.148. The number of carbonyl (C=O) groups is 1. The van der Waals surface area contributed by atoms with Crippen molar-refractivity contribution < 1.29 is 14.3 Å². The fourth-order valence-corrected chi connectivity index (χ4v) is 3.77. The zero-order valence-corrected chi connectivity index (χ0v) is 18.6. The van der Waals surface area contributed by atoms with Gasteiger partial charge in [0.05, 0.1) is 6.54 Å². The summed E-state index contributed by atoms with van der Waals surface area (Å²) in [4.78, 5) is 19.3. The molecule has 170 valence electrons. The van der Waals surface area contributed by atoms with E-state index in [1.165, 1.54) is 6.33 Å². The predicted molar refractivity (Wildman–Crippen MR) is 130 cm³/mol. The van der Waals surface area contributed by atoms with Gasteiger partial charge in [0.1, 0.15) is 25.9 Å². The van der Waals surface area contributed by atoms with Crippen molar-refractivity contribution in [1.29, 1.82) is 0 Å². The maximum Gasteiger partial charge on any atom is 0.258 e. The Morgan fingerprint density at radius 1 is 0.971 bits per heavy atom. The Balaban J connectivity index is 1.40. The Hall–Kier alpha value is -4.39. The highest BCUT2D eigenvalue weighted by atomic mass is 16.6. The molecule has 0 radical (unpaired) electrons. The molecule has 34 heavy (non-hydrogen) atoms. The van der Waals surface area contributed by atoms with Crippen molar-refractivity contribution in [3.05, 3.63) is 108 Å². The van der Waals surface area contributed by atoms with E-state index in [-0.39, 0.29) is 5.91 Å². The molecule has 0 saturated carbocycles. The molecule has 1 aliphatic heterocycles. The first-order valence-corrected chi connectivity index (χ1v) is 11.1. The van der Waals surface area contributed by atoms with Crippen LogP contribution in [0.15, 0.2) is 91.5 Å². The third kappa shape index (κ3) is 4.99. The molecule has 5 rings (SSSR count). The molecule has 0 N–H and O–H groups in total. The second-order valence-corrected chi connectivity index (χ2v) is 7.85. The fourth-order valence-electron chi connectivity index (χ4n) is 3.77. The summed E-state index contributed by atoms with van der Waals surface area (Å²) < 4.78 is 13.1. The molecule has 4 aromatic rings. The number of hydrogen-bond acceptors (Lipinski definition) is 5. The zero-order chi connectivity index (χ0) is 23.2. The summed E-state index contributed by atoms with van der Waals surface area (Å²) in [6.07, 6.45) is 7.18. The van der Waals surface area contributed by atoms with Crippen LogP contribution in [0.2, 0.25) is 0 Å². The highest BCUT2D eigenvalue weighted by molar-refractivity contribution is 6.06. The maximum absolute atomic E-state index is 13.6. The van der Waals surface area contributed by atoms with E-state index in [2.05, 4.69) is 10.1 Å². The minimum absolute atomic E-state index is 0.0957. The molecule has 7 heteroatoms. The highest BCUT2D eigenvalue weighted by Gasteiger charge is 2.20. The first kappa shape index (κ1) is 21.5. The van der Waals surface area contributed by atoms with Crippen molar-refractivity contribution in [3.8, 4) is 11.5 Å². The molecule has 0 unspecified atom stereocenters. The Morgan fingerprint density at radius 2 is 1.76 bits per heavy atom. The van der Waals surface area contributed by atoms with Gasteiger partial charge >= 0.3 is 0 Å². The number of carbonyl (C=O) groups excluding carboxylic acids is 1. The molecule has 0 saturated heterocycles. The van der Waals surface area contributed by atoms with E-state index in [0.29, 0.717) is 43.4 Å². The van der Waals surface area contributed by atoms with Crippen LogP contribution < -0.4 is 14.4 Å². The quantitative estimate of drug-likeness (QED) is 0.414. The molecule has 0 fully saturated rings. The maximum atomic E-state index is 13.6. The van der Waals surface area contributed by atoms with Crippen LogP contribution in [-0.4, -0.2) is 40.4 Å². The summed E-state index contributed by atoms with van der Waals surface area (Å²) in [5, 5.41) is 4.13. The van der Waals surface area contributed by atoms with Crippen LogP contribution in [0.4, 0.5) is 5.69 Å². The third-order valence-corrected chi connectivity index (χ3v) is 5.49. The van der Waals surface area contributed by atoms with E-state index < -0.39 is 0 Å². The lowest BCUT2D eigenvalue weighted by Crippen LogP contribution is -2.31. The first-order valence-electron chi connectivity index (χ1n) is 11.1. The normalized spacial score (nSPS) is 12.6. The number of aromatic nitrogens is 3. The third-order valence-electron chi connectivity index (χ3n) is 5.49. The summed E-state index contributed by atoms with van der Waals surface area (Å²) in [5.74, 6) is 1.25. The van der Waals surface area contributed by atoms with Gasteiger partial charge in [0, 0.05) is 23.9 Å². The Kier molecular flexibility index (Phi) is 6.34. The van der Waals surface area contributed by atoms with Gasteiger partial charge < -0.3 is 14.4 Å². The minimum Gasteiger partial charge on any atom is -0.486 e. The van der Waals surface area contributed by atoms with Crippen LogP contribution in [-0.2, 0) is 6.54 Å². The van der Waals surface area contributed by atoms with E-state index in [4.69, 9.17) is 9.47 Å². The van der Waals surface area contributed by atoms with Crippen molar-refractivity contribution in [3.63, 3.8) is 0 Å². The Labute approximate surface area is 197 Å². The molecule has 2 heterocycles. The van der Waals surface area contributed by atoms with Crippen LogP contribution in [0.1, 0.15) is 21.5 Å². The van der Waals surface area contributed by atoms with Crippen LogP contribution in [0, 0.1) is 0 Å². The van der Waals surface area contributed by atoms with E-state index in [0.717, 1.165) is 16.8 Å². The molecule has 0 aliphatic carbocycles. The number of fused-ring (bicyclic) bond motifs is 1. The Morgan fingerprint density at radius 3 is 2.53 bits per heavy atom. The smallest absolute Gasteiger partial charge is 0.258 e. The summed E-state index contributed by atoms with van der Waals surface area (Å²) >= 11 is 0. The topological polar surface area (TPSA) is 69.5 Å². The molecule has 1 aliphatic rings. The van der Waals surface area contributed by atoms with Gasteiger partial charge in [-0.15, -0.1) is 0 Å². The van der Waals surface area contributed by atoms with E-state index in [1.807, 2.05) is 84.9 Å². The van der Waals surface area contributed by atoms with Gasteiger partial charge in [-0.3, -0.25) is 4.79 Å². The van der Waals surface area contributed by atoms with Gasteiger partial charge in [-0.1, -0.05) is 54.6 Å². The SMILES string of the molecule is O=C(c1ccc(Cn2cncn2)cc1)N(CC=Cc1ccccc1)c1ccc2c(c1)OCCO2. The number of nitrogens with zero attached hydrogens (tertiary/aromatic N) is 4. The number of rotatable bonds is 7. The van der Waals surface area contributed by atoms with E-state index >= 15 is 0 Å². The van der Waals surface area contributed by atoms with Gasteiger partial charge in [-0.2, -0.15) is 5.10 Å². The van der Waals surface area contributed by atoms with Gasteiger partial charge in [0.15, 0.2) is 11.5 Å². The second kappa shape index (κ2) is 10.0. The molecule has 1 amide bonds. The number of benzene rings is 3. The largest absolute Gasteiger partial charge is 0.486 e. The van der Waals surface area contributed by atoms with Gasteiger partial charge in [0.25, 0.3) is 5.91 Å². The summed E-state index contributed by atoms with van der Waals surface area (Å²) in [6.45, 7) is 2.02. The van der Waals surface area contributed by atoms with Crippen LogP contribution >= 0.6 is 0 Å². The minimum atomic E-state index is -0.0957. The van der Waals surface area contributed by atoms with Crippen molar-refractivity contribution in [2.45, 2.75) is 6.54 Å². The summed E-state index contributed by atoms with van der Waals surface area (Å²) in [6, 6.07) is 23.2.